The molecule has 0 saturated heterocycles. The van der Waals surface area contributed by atoms with Gasteiger partial charge in [-0.3, -0.25) is 16.0 Å². The molecule has 3 rings (SSSR count). The Kier molecular flexibility index (Phi) is 17.7. The minimum Gasteiger partial charge on any atom is -0.444 e. The molecule has 3 amide bonds. The zero-order valence-corrected chi connectivity index (χ0v) is 34.8. The molecule has 0 aliphatic carbocycles. The first-order valence-electron chi connectivity index (χ1n) is 14.7. The van der Waals surface area contributed by atoms with E-state index in [1.165, 1.54) is 0 Å². The van der Waals surface area contributed by atoms with Gasteiger partial charge in [-0.25, -0.2) is 14.4 Å². The monoisotopic (exact) mass is 911 g/mol. The first kappa shape index (κ1) is 44.3. The standard InChI is InChI=1S/C13H16ClNO2.C11H13BrClNO2.C11H13ClINO2/c1-5-9-6-7-10(8-11(9)14)15-12(16)17-13(2,3)4;1-11(2,3)16-10(15)14-7-4-5-8(12)9(13)6-7;1-11(2,3)16-10(15)14-7-4-5-9(13)8(12)6-7/h5-8H,1H2,2-4H3,(H,15,16);2*4-6H,1-3H3,(H,14,15). The summed E-state index contributed by atoms with van der Waals surface area (Å²) in [6.45, 7) is 19.9. The number of halogens is 5. The van der Waals surface area contributed by atoms with Gasteiger partial charge in [-0.1, -0.05) is 53.5 Å². The van der Waals surface area contributed by atoms with Crippen LogP contribution in [0.5, 0.6) is 0 Å². The van der Waals surface area contributed by atoms with Crippen molar-refractivity contribution in [2.45, 2.75) is 79.1 Å². The zero-order chi connectivity index (χ0) is 37.7. The average Bonchev–Trinajstić information content (AvgIpc) is 2.90. The highest BCUT2D eigenvalue weighted by atomic mass is 127. The normalized spacial score (nSPS) is 11.0. The fourth-order valence-corrected chi connectivity index (χ4v) is 4.38. The maximum absolute atomic E-state index is 11.5. The molecule has 49 heavy (non-hydrogen) atoms. The van der Waals surface area contributed by atoms with Crippen molar-refractivity contribution in [3.8, 4) is 0 Å². The number of benzene rings is 3. The van der Waals surface area contributed by atoms with E-state index in [1.54, 1.807) is 96.1 Å². The van der Waals surface area contributed by atoms with E-state index in [-0.39, 0.29) is 0 Å². The van der Waals surface area contributed by atoms with Crippen LogP contribution < -0.4 is 16.0 Å². The van der Waals surface area contributed by atoms with E-state index in [1.807, 2.05) is 26.8 Å². The van der Waals surface area contributed by atoms with Crippen LogP contribution >= 0.6 is 73.3 Å². The summed E-state index contributed by atoms with van der Waals surface area (Å²) in [5.41, 5.74) is 1.10. The van der Waals surface area contributed by atoms with Crippen molar-refractivity contribution in [3.05, 3.63) is 89.9 Å². The quantitative estimate of drug-likeness (QED) is 0.177. The number of nitrogens with one attached hydrogen (secondary N) is 3. The van der Waals surface area contributed by atoms with Gasteiger partial charge in [0.05, 0.1) is 10.0 Å². The van der Waals surface area contributed by atoms with E-state index in [2.05, 4.69) is 61.1 Å². The molecule has 268 valence electrons. The van der Waals surface area contributed by atoms with Gasteiger partial charge in [0.25, 0.3) is 0 Å². The van der Waals surface area contributed by atoms with Crippen molar-refractivity contribution < 1.29 is 28.6 Å². The second-order valence-corrected chi connectivity index (χ2v) is 16.3. The zero-order valence-electron chi connectivity index (χ0n) is 28.8. The van der Waals surface area contributed by atoms with Crippen LogP contribution in [0.2, 0.25) is 15.1 Å². The number of anilines is 3. The summed E-state index contributed by atoms with van der Waals surface area (Å²) in [6, 6.07) is 15.6. The lowest BCUT2D eigenvalue weighted by atomic mass is 10.2. The Morgan fingerprint density at radius 2 is 0.980 bits per heavy atom. The lowest BCUT2D eigenvalue weighted by molar-refractivity contribution is 0.0624. The molecule has 0 bridgehead atoms. The molecule has 9 nitrogen and oxygen atoms in total. The molecular weight excluding hydrogens is 872 g/mol. The summed E-state index contributed by atoms with van der Waals surface area (Å²) in [6.07, 6.45) is 0.176. The number of carbonyl (C=O) groups excluding carboxylic acids is 3. The second kappa shape index (κ2) is 19.6. The molecule has 14 heteroatoms. The van der Waals surface area contributed by atoms with Crippen molar-refractivity contribution in [2.75, 3.05) is 16.0 Å². The van der Waals surface area contributed by atoms with E-state index in [4.69, 9.17) is 49.0 Å². The third-order valence-electron chi connectivity index (χ3n) is 5.00. The van der Waals surface area contributed by atoms with Crippen molar-refractivity contribution >= 4 is 115 Å². The molecule has 0 unspecified atom stereocenters. The van der Waals surface area contributed by atoms with E-state index in [0.717, 1.165) is 13.6 Å². The fraction of sp³-hybridized carbons (Fsp3) is 0.343. The van der Waals surface area contributed by atoms with Crippen LogP contribution in [0.1, 0.15) is 67.9 Å². The fourth-order valence-electron chi connectivity index (χ4n) is 3.18. The van der Waals surface area contributed by atoms with Gasteiger partial charge in [0, 0.05) is 30.1 Å². The van der Waals surface area contributed by atoms with Crippen LogP contribution in [0.3, 0.4) is 0 Å². The van der Waals surface area contributed by atoms with Crippen molar-refractivity contribution in [1.29, 1.82) is 0 Å². The molecule has 0 aliphatic heterocycles. The van der Waals surface area contributed by atoms with Gasteiger partial charge in [-0.2, -0.15) is 0 Å². The lowest BCUT2D eigenvalue weighted by Crippen LogP contribution is -2.27. The Bertz CT molecular complexity index is 1540. The highest BCUT2D eigenvalue weighted by Crippen LogP contribution is 2.26. The number of hydrogen-bond acceptors (Lipinski definition) is 6. The molecule has 0 saturated carbocycles. The van der Waals surface area contributed by atoms with Crippen molar-refractivity contribution in [1.82, 2.24) is 0 Å². The van der Waals surface area contributed by atoms with Crippen LogP contribution in [0, 0.1) is 3.57 Å². The molecule has 0 heterocycles. The van der Waals surface area contributed by atoms with E-state index in [0.29, 0.717) is 32.1 Å². The lowest BCUT2D eigenvalue weighted by Gasteiger charge is -2.19. The minimum atomic E-state index is -0.519. The summed E-state index contributed by atoms with van der Waals surface area (Å²) in [4.78, 5) is 34.4. The van der Waals surface area contributed by atoms with Crippen LogP contribution in [0.4, 0.5) is 31.4 Å². The minimum absolute atomic E-state index is 0.482. The molecule has 0 atom stereocenters. The molecule has 0 fully saturated rings. The molecular formula is C35H42BrCl3IN3O6. The van der Waals surface area contributed by atoms with Gasteiger partial charge in [-0.05, 0) is 155 Å². The SMILES string of the molecule is C=Cc1ccc(NC(=O)OC(C)(C)C)cc1Cl.CC(C)(C)OC(=O)Nc1ccc(Br)c(Cl)c1.CC(C)(C)OC(=O)Nc1ccc(I)c(Cl)c1. The average molecular weight is 914 g/mol. The van der Waals surface area contributed by atoms with Gasteiger partial charge in [-0.15, -0.1) is 0 Å². The first-order valence-corrected chi connectivity index (χ1v) is 17.7. The Balaban J connectivity index is 0.000000368. The number of ether oxygens (including phenoxy) is 3. The predicted molar refractivity (Wildman–Crippen MR) is 214 cm³/mol. The summed E-state index contributed by atoms with van der Waals surface area (Å²) in [7, 11) is 0. The summed E-state index contributed by atoms with van der Waals surface area (Å²) in [5, 5.41) is 9.51. The molecule has 0 aliphatic rings. The Morgan fingerprint density at radius 3 is 1.31 bits per heavy atom. The topological polar surface area (TPSA) is 115 Å². The number of hydrogen-bond donors (Lipinski definition) is 3. The Labute approximate surface area is 326 Å². The Morgan fingerprint density at radius 1 is 0.633 bits per heavy atom. The van der Waals surface area contributed by atoms with E-state index >= 15 is 0 Å². The predicted octanol–water partition coefficient (Wildman–Crippen LogP) is 13.1. The van der Waals surface area contributed by atoms with Gasteiger partial charge in [0.15, 0.2) is 0 Å². The summed E-state index contributed by atoms with van der Waals surface area (Å²) in [5.74, 6) is 0. The highest BCUT2D eigenvalue weighted by Gasteiger charge is 2.18. The highest BCUT2D eigenvalue weighted by molar-refractivity contribution is 14.1. The molecule has 3 N–H and O–H groups in total. The van der Waals surface area contributed by atoms with Crippen LogP contribution in [0.15, 0.2) is 65.6 Å². The molecule has 0 spiro atoms. The summed E-state index contributed by atoms with van der Waals surface area (Å²) < 4.78 is 17.1. The molecule has 3 aromatic carbocycles. The summed E-state index contributed by atoms with van der Waals surface area (Å²) >= 11 is 23.2. The first-order chi connectivity index (χ1) is 22.4. The van der Waals surface area contributed by atoms with Gasteiger partial charge in [0.2, 0.25) is 0 Å². The van der Waals surface area contributed by atoms with Gasteiger partial charge >= 0.3 is 18.3 Å². The van der Waals surface area contributed by atoms with Crippen LogP contribution in [-0.4, -0.2) is 35.1 Å². The number of rotatable bonds is 4. The molecule has 3 aromatic rings. The van der Waals surface area contributed by atoms with Crippen LogP contribution in [-0.2, 0) is 14.2 Å². The molecule has 0 aromatic heterocycles. The molecule has 0 radical (unpaired) electrons. The second-order valence-electron chi connectivity index (χ2n) is 13.1. The maximum atomic E-state index is 11.5. The number of amides is 3. The number of carbonyl (C=O) groups is 3. The van der Waals surface area contributed by atoms with Crippen molar-refractivity contribution in [3.63, 3.8) is 0 Å². The van der Waals surface area contributed by atoms with E-state index in [9.17, 15) is 14.4 Å². The van der Waals surface area contributed by atoms with Crippen LogP contribution in [0.25, 0.3) is 6.08 Å². The Hall–Kier alpha value is -2.71. The van der Waals surface area contributed by atoms with Gasteiger partial charge < -0.3 is 14.2 Å². The van der Waals surface area contributed by atoms with Crippen molar-refractivity contribution in [2.24, 2.45) is 0 Å². The maximum Gasteiger partial charge on any atom is 0.412 e. The van der Waals surface area contributed by atoms with E-state index < -0.39 is 35.1 Å². The third kappa shape index (κ3) is 19.9. The largest absolute Gasteiger partial charge is 0.444 e. The smallest absolute Gasteiger partial charge is 0.412 e. The van der Waals surface area contributed by atoms with Gasteiger partial charge in [0.1, 0.15) is 16.8 Å². The third-order valence-corrected chi connectivity index (χ3v) is 8.13.